The molecule has 1 aliphatic carbocycles. The molecule has 0 spiro atoms. The van der Waals surface area contributed by atoms with E-state index in [1.807, 2.05) is 0 Å². The molecule has 2 heteroatoms. The number of rotatable bonds is 1. The fourth-order valence-corrected chi connectivity index (χ4v) is 2.74. The van der Waals surface area contributed by atoms with Crippen LogP contribution < -0.4 is 0 Å². The van der Waals surface area contributed by atoms with E-state index in [-0.39, 0.29) is 16.7 Å². The van der Waals surface area contributed by atoms with Crippen LogP contribution in [0.4, 0.5) is 0 Å². The molecule has 1 aliphatic heterocycles. The lowest BCUT2D eigenvalue weighted by Gasteiger charge is -2.38. The molecule has 0 aromatic rings. The third-order valence-electron chi connectivity index (χ3n) is 4.50. The maximum atomic E-state index is 9.05. The van der Waals surface area contributed by atoms with Crippen molar-refractivity contribution in [1.82, 2.24) is 0 Å². The molecule has 3 atom stereocenters. The fraction of sp³-hybridized carbons (Fsp3) is 0.909. The molecule has 1 saturated heterocycles. The standard InChI is InChI=1S/C11H17NO/c1-10(2)8(6-12)4-5-11(10,3)9-7-13-9/h8-9H,4-5,7H2,1-3H3/t8?,9-,11+/m1/s1. The Hall–Kier alpha value is -0.550. The summed E-state index contributed by atoms with van der Waals surface area (Å²) in [5, 5.41) is 9.05. The van der Waals surface area contributed by atoms with Crippen molar-refractivity contribution in [1.29, 1.82) is 5.26 Å². The van der Waals surface area contributed by atoms with Crippen LogP contribution in [0.2, 0.25) is 0 Å². The Bertz CT molecular complexity index is 262. The third-order valence-corrected chi connectivity index (χ3v) is 4.50. The molecule has 0 aromatic heterocycles. The van der Waals surface area contributed by atoms with Gasteiger partial charge in [-0.2, -0.15) is 5.26 Å². The van der Waals surface area contributed by atoms with Gasteiger partial charge >= 0.3 is 0 Å². The van der Waals surface area contributed by atoms with E-state index in [0.717, 1.165) is 19.4 Å². The highest BCUT2D eigenvalue weighted by Crippen LogP contribution is 2.60. The number of epoxide rings is 1. The van der Waals surface area contributed by atoms with Crippen molar-refractivity contribution >= 4 is 0 Å². The largest absolute Gasteiger partial charge is 0.373 e. The summed E-state index contributed by atoms with van der Waals surface area (Å²) in [5.74, 6) is 0.210. The summed E-state index contributed by atoms with van der Waals surface area (Å²) in [6.07, 6.45) is 2.60. The summed E-state index contributed by atoms with van der Waals surface area (Å²) < 4.78 is 5.41. The fourth-order valence-electron chi connectivity index (χ4n) is 2.74. The Morgan fingerprint density at radius 3 is 2.38 bits per heavy atom. The van der Waals surface area contributed by atoms with E-state index in [4.69, 9.17) is 10.00 Å². The molecule has 2 fully saturated rings. The average Bonchev–Trinajstić information content (AvgIpc) is 2.83. The van der Waals surface area contributed by atoms with Crippen LogP contribution in [0.5, 0.6) is 0 Å². The van der Waals surface area contributed by atoms with E-state index in [0.29, 0.717) is 6.10 Å². The maximum Gasteiger partial charge on any atom is 0.0868 e. The summed E-state index contributed by atoms with van der Waals surface area (Å²) in [4.78, 5) is 0. The zero-order valence-corrected chi connectivity index (χ0v) is 8.63. The minimum Gasteiger partial charge on any atom is -0.373 e. The van der Waals surface area contributed by atoms with Crippen molar-refractivity contribution in [2.24, 2.45) is 16.7 Å². The Balaban J connectivity index is 2.28. The summed E-state index contributed by atoms with van der Waals surface area (Å²) in [6, 6.07) is 2.44. The molecular weight excluding hydrogens is 162 g/mol. The molecule has 72 valence electrons. The van der Waals surface area contributed by atoms with E-state index >= 15 is 0 Å². The van der Waals surface area contributed by atoms with Crippen molar-refractivity contribution in [2.45, 2.75) is 39.7 Å². The van der Waals surface area contributed by atoms with Gasteiger partial charge in [-0.15, -0.1) is 0 Å². The van der Waals surface area contributed by atoms with Crippen molar-refractivity contribution in [3.8, 4) is 6.07 Å². The highest BCUT2D eigenvalue weighted by Gasteiger charge is 2.59. The highest BCUT2D eigenvalue weighted by atomic mass is 16.6. The SMILES string of the molecule is CC1(C)C(C#N)CC[C@@]1(C)[C@H]1CO1. The number of nitrogens with zero attached hydrogens (tertiary/aromatic N) is 1. The molecule has 13 heavy (non-hydrogen) atoms. The molecular formula is C11H17NO. The van der Waals surface area contributed by atoms with Crippen LogP contribution in [0.3, 0.4) is 0 Å². The Labute approximate surface area is 79.9 Å². The van der Waals surface area contributed by atoms with Crippen molar-refractivity contribution in [3.63, 3.8) is 0 Å². The van der Waals surface area contributed by atoms with Crippen LogP contribution in [-0.4, -0.2) is 12.7 Å². The van der Waals surface area contributed by atoms with Gasteiger partial charge < -0.3 is 4.74 Å². The number of hydrogen-bond acceptors (Lipinski definition) is 2. The molecule has 1 heterocycles. The number of nitriles is 1. The van der Waals surface area contributed by atoms with Gasteiger partial charge in [-0.3, -0.25) is 0 Å². The quantitative estimate of drug-likeness (QED) is 0.579. The Morgan fingerprint density at radius 1 is 1.38 bits per heavy atom. The Morgan fingerprint density at radius 2 is 2.00 bits per heavy atom. The van der Waals surface area contributed by atoms with Gasteiger partial charge in [0.1, 0.15) is 0 Å². The predicted octanol–water partition coefficient (Wildman–Crippen LogP) is 2.35. The van der Waals surface area contributed by atoms with Gasteiger partial charge in [0.25, 0.3) is 0 Å². The summed E-state index contributed by atoms with van der Waals surface area (Å²) in [7, 11) is 0. The van der Waals surface area contributed by atoms with Gasteiger partial charge in [-0.05, 0) is 18.3 Å². The first-order valence-corrected chi connectivity index (χ1v) is 5.03. The predicted molar refractivity (Wildman–Crippen MR) is 50.0 cm³/mol. The zero-order valence-electron chi connectivity index (χ0n) is 8.63. The van der Waals surface area contributed by atoms with E-state index in [1.54, 1.807) is 0 Å². The van der Waals surface area contributed by atoms with Crippen molar-refractivity contribution in [2.75, 3.05) is 6.61 Å². The molecule has 0 aromatic carbocycles. The van der Waals surface area contributed by atoms with Crippen molar-refractivity contribution < 1.29 is 4.74 Å². The van der Waals surface area contributed by atoms with Crippen LogP contribution in [0.1, 0.15) is 33.6 Å². The molecule has 0 bridgehead atoms. The first kappa shape index (κ1) is 9.02. The van der Waals surface area contributed by atoms with Crippen LogP contribution in [-0.2, 0) is 4.74 Å². The van der Waals surface area contributed by atoms with Crippen LogP contribution in [0.25, 0.3) is 0 Å². The van der Waals surface area contributed by atoms with Crippen LogP contribution in [0.15, 0.2) is 0 Å². The van der Waals surface area contributed by atoms with Crippen molar-refractivity contribution in [3.05, 3.63) is 0 Å². The molecule has 0 radical (unpaired) electrons. The van der Waals surface area contributed by atoms with Gasteiger partial charge in [-0.25, -0.2) is 0 Å². The molecule has 1 saturated carbocycles. The summed E-state index contributed by atoms with van der Waals surface area (Å²) in [5.41, 5.74) is 0.344. The van der Waals surface area contributed by atoms with E-state index < -0.39 is 0 Å². The summed E-state index contributed by atoms with van der Waals surface area (Å²) in [6.45, 7) is 7.62. The van der Waals surface area contributed by atoms with E-state index in [1.165, 1.54) is 0 Å². The molecule has 2 nitrogen and oxygen atoms in total. The topological polar surface area (TPSA) is 36.3 Å². The third kappa shape index (κ3) is 1.03. The number of hydrogen-bond donors (Lipinski definition) is 0. The molecule has 2 rings (SSSR count). The molecule has 1 unspecified atom stereocenters. The van der Waals surface area contributed by atoms with E-state index in [2.05, 4.69) is 26.8 Å². The van der Waals surface area contributed by atoms with Gasteiger partial charge in [-0.1, -0.05) is 20.8 Å². The lowest BCUT2D eigenvalue weighted by Crippen LogP contribution is -2.38. The Kier molecular flexibility index (Phi) is 1.72. The molecule has 2 aliphatic rings. The summed E-state index contributed by atoms with van der Waals surface area (Å²) >= 11 is 0. The second-order valence-corrected chi connectivity index (χ2v) is 5.18. The minimum absolute atomic E-state index is 0.114. The van der Waals surface area contributed by atoms with Crippen LogP contribution >= 0.6 is 0 Å². The first-order valence-electron chi connectivity index (χ1n) is 5.03. The second kappa shape index (κ2) is 2.48. The normalized spacial score (nSPS) is 47.2. The van der Waals surface area contributed by atoms with Gasteiger partial charge in [0.05, 0.1) is 24.7 Å². The smallest absolute Gasteiger partial charge is 0.0868 e. The average molecular weight is 179 g/mol. The molecule has 0 amide bonds. The second-order valence-electron chi connectivity index (χ2n) is 5.18. The van der Waals surface area contributed by atoms with E-state index in [9.17, 15) is 0 Å². The maximum absolute atomic E-state index is 9.05. The zero-order chi connectivity index (χ0) is 9.69. The lowest BCUT2D eigenvalue weighted by atomic mass is 9.64. The van der Waals surface area contributed by atoms with Crippen LogP contribution in [0, 0.1) is 28.1 Å². The van der Waals surface area contributed by atoms with Gasteiger partial charge in [0.2, 0.25) is 0 Å². The minimum atomic E-state index is 0.114. The van der Waals surface area contributed by atoms with Gasteiger partial charge in [0.15, 0.2) is 0 Å². The molecule has 0 N–H and O–H groups in total. The number of ether oxygens (including phenoxy) is 1. The first-order chi connectivity index (χ1) is 6.02. The van der Waals surface area contributed by atoms with Gasteiger partial charge in [0, 0.05) is 5.41 Å². The lowest BCUT2D eigenvalue weighted by molar-refractivity contribution is 0.0716. The highest BCUT2D eigenvalue weighted by molar-refractivity contribution is 5.12. The monoisotopic (exact) mass is 179 g/mol.